The molecule has 0 saturated heterocycles. The van der Waals surface area contributed by atoms with Gasteiger partial charge in [0, 0.05) is 17.7 Å². The van der Waals surface area contributed by atoms with Crippen LogP contribution in [0.4, 0.5) is 5.69 Å². The van der Waals surface area contributed by atoms with Gasteiger partial charge in [-0.15, -0.1) is 0 Å². The van der Waals surface area contributed by atoms with E-state index in [9.17, 15) is 14.7 Å². The number of carbonyl (C=O) groups excluding carboxylic acids is 2. The largest absolute Gasteiger partial charge is 0.375 e. The number of nitrogens with zero attached hydrogens (tertiary/aromatic N) is 1. The molecule has 1 amide bonds. The third-order valence-electron chi connectivity index (χ3n) is 6.38. The fraction of sp³-hybridized carbons (Fsp3) is 0.185. The summed E-state index contributed by atoms with van der Waals surface area (Å²) in [6, 6.07) is 24.6. The quantitative estimate of drug-likeness (QED) is 0.696. The molecular weight excluding hydrogens is 386 g/mol. The fourth-order valence-electron chi connectivity index (χ4n) is 4.83. The number of anilines is 1. The minimum Gasteiger partial charge on any atom is -0.375 e. The number of benzene rings is 3. The van der Waals surface area contributed by atoms with Gasteiger partial charge in [0.25, 0.3) is 5.91 Å². The van der Waals surface area contributed by atoms with Crippen LogP contribution < -0.4 is 4.90 Å². The Labute approximate surface area is 181 Å². The Morgan fingerprint density at radius 2 is 1.65 bits per heavy atom. The molecule has 2 aliphatic rings. The number of aryl methyl sites for hydroxylation is 1. The van der Waals surface area contributed by atoms with E-state index in [1.807, 2.05) is 78.9 Å². The van der Waals surface area contributed by atoms with Crippen molar-refractivity contribution in [1.29, 1.82) is 0 Å². The average Bonchev–Trinajstić information content (AvgIpc) is 3.03. The highest BCUT2D eigenvalue weighted by Gasteiger charge is 2.57. The van der Waals surface area contributed by atoms with Crippen LogP contribution in [0.1, 0.15) is 33.5 Å². The number of carbonyl (C=O) groups is 2. The molecule has 5 rings (SSSR count). The Bertz CT molecular complexity index is 1180. The van der Waals surface area contributed by atoms with Crippen LogP contribution >= 0.6 is 0 Å². The second kappa shape index (κ2) is 7.64. The van der Waals surface area contributed by atoms with Crippen LogP contribution in [0.3, 0.4) is 0 Å². The number of hydrogen-bond donors (Lipinski definition) is 1. The predicted molar refractivity (Wildman–Crippen MR) is 121 cm³/mol. The summed E-state index contributed by atoms with van der Waals surface area (Å²) >= 11 is 0. The summed E-state index contributed by atoms with van der Waals surface area (Å²) in [5, 5.41) is 11.8. The van der Waals surface area contributed by atoms with Crippen LogP contribution in [-0.4, -0.2) is 23.3 Å². The molecule has 0 fully saturated rings. The molecule has 2 atom stereocenters. The molecule has 154 valence electrons. The van der Waals surface area contributed by atoms with Crippen LogP contribution in [0.15, 0.2) is 84.9 Å². The van der Waals surface area contributed by atoms with E-state index >= 15 is 0 Å². The lowest BCUT2D eigenvalue weighted by atomic mass is 9.71. The Morgan fingerprint density at radius 1 is 0.935 bits per heavy atom. The van der Waals surface area contributed by atoms with Crippen molar-refractivity contribution in [2.24, 2.45) is 5.92 Å². The van der Waals surface area contributed by atoms with E-state index in [0.717, 1.165) is 11.1 Å². The second-order valence-electron chi connectivity index (χ2n) is 8.12. The van der Waals surface area contributed by atoms with E-state index in [1.54, 1.807) is 17.0 Å². The first-order chi connectivity index (χ1) is 15.1. The zero-order valence-corrected chi connectivity index (χ0v) is 17.1. The van der Waals surface area contributed by atoms with Gasteiger partial charge in [-0.1, -0.05) is 84.9 Å². The van der Waals surface area contributed by atoms with Gasteiger partial charge in [-0.25, -0.2) is 0 Å². The summed E-state index contributed by atoms with van der Waals surface area (Å²) < 4.78 is 0. The molecule has 31 heavy (non-hydrogen) atoms. The molecule has 0 radical (unpaired) electrons. The molecular formula is C27H23NO3. The van der Waals surface area contributed by atoms with Crippen LogP contribution in [0.5, 0.6) is 0 Å². The van der Waals surface area contributed by atoms with E-state index in [4.69, 9.17) is 0 Å². The van der Waals surface area contributed by atoms with Gasteiger partial charge in [0.2, 0.25) is 0 Å². The molecule has 0 unspecified atom stereocenters. The van der Waals surface area contributed by atoms with Crippen LogP contribution in [0, 0.1) is 5.92 Å². The lowest BCUT2D eigenvalue weighted by molar-refractivity contribution is -0.140. The summed E-state index contributed by atoms with van der Waals surface area (Å²) in [5.74, 6) is -1.38. The third kappa shape index (κ3) is 3.11. The summed E-state index contributed by atoms with van der Waals surface area (Å²) in [7, 11) is 0. The predicted octanol–water partition coefficient (Wildman–Crippen LogP) is 4.38. The molecule has 0 aromatic heterocycles. The van der Waals surface area contributed by atoms with Gasteiger partial charge in [-0.05, 0) is 30.0 Å². The first-order valence-electron chi connectivity index (χ1n) is 10.6. The number of ketones is 1. The normalized spacial score (nSPS) is 22.6. The zero-order valence-electron chi connectivity index (χ0n) is 17.1. The number of Topliss-reactive ketones (excluding diaryl/α,β-unsaturated/α-hetero) is 1. The maximum absolute atomic E-state index is 13.6. The lowest BCUT2D eigenvalue weighted by Gasteiger charge is -2.34. The van der Waals surface area contributed by atoms with Crippen LogP contribution in [0.25, 0.3) is 6.08 Å². The Balaban J connectivity index is 1.49. The van der Waals surface area contributed by atoms with E-state index in [1.165, 1.54) is 0 Å². The molecule has 1 heterocycles. The highest BCUT2D eigenvalue weighted by atomic mass is 16.3. The van der Waals surface area contributed by atoms with Crippen LogP contribution in [0.2, 0.25) is 0 Å². The van der Waals surface area contributed by atoms with E-state index in [2.05, 4.69) is 0 Å². The molecule has 3 aromatic carbocycles. The van der Waals surface area contributed by atoms with Gasteiger partial charge in [0.1, 0.15) is 0 Å². The van der Waals surface area contributed by atoms with Crippen molar-refractivity contribution in [3.8, 4) is 0 Å². The van der Waals surface area contributed by atoms with Crippen molar-refractivity contribution in [1.82, 2.24) is 0 Å². The number of hydrogen-bond acceptors (Lipinski definition) is 3. The van der Waals surface area contributed by atoms with E-state index in [-0.39, 0.29) is 5.78 Å². The number of aliphatic hydroxyl groups is 1. The lowest BCUT2D eigenvalue weighted by Crippen LogP contribution is -2.49. The van der Waals surface area contributed by atoms with Crippen LogP contribution in [-0.2, 0) is 16.8 Å². The number of fused-ring (bicyclic) bond motifs is 2. The van der Waals surface area contributed by atoms with Crippen molar-refractivity contribution < 1.29 is 14.7 Å². The molecule has 4 heteroatoms. The average molecular weight is 409 g/mol. The fourth-order valence-corrected chi connectivity index (χ4v) is 4.83. The molecule has 3 aromatic rings. The summed E-state index contributed by atoms with van der Waals surface area (Å²) in [6.45, 7) is 0.324. The smallest absolute Gasteiger partial charge is 0.264 e. The summed E-state index contributed by atoms with van der Waals surface area (Å²) in [5.41, 5.74) is 1.97. The Hall–Kier alpha value is -3.50. The van der Waals surface area contributed by atoms with Crippen molar-refractivity contribution in [3.05, 3.63) is 107 Å². The SMILES string of the molecule is O=C1c2ccccc2CC[C@@H]1[C@@]1(O)C(=O)N(C/C=C/c2ccccc2)c2ccccc21. The van der Waals surface area contributed by atoms with Gasteiger partial charge in [-0.2, -0.15) is 0 Å². The highest BCUT2D eigenvalue weighted by Crippen LogP contribution is 2.48. The monoisotopic (exact) mass is 409 g/mol. The third-order valence-corrected chi connectivity index (χ3v) is 6.38. The maximum atomic E-state index is 13.6. The molecule has 0 spiro atoms. The highest BCUT2D eigenvalue weighted by molar-refractivity contribution is 6.12. The molecule has 1 aliphatic carbocycles. The molecule has 1 N–H and O–H groups in total. The Morgan fingerprint density at radius 3 is 2.48 bits per heavy atom. The van der Waals surface area contributed by atoms with Gasteiger partial charge in [0.05, 0.1) is 11.6 Å². The number of para-hydroxylation sites is 1. The van der Waals surface area contributed by atoms with Gasteiger partial charge in [0.15, 0.2) is 11.4 Å². The van der Waals surface area contributed by atoms with Gasteiger partial charge < -0.3 is 10.0 Å². The first-order valence-corrected chi connectivity index (χ1v) is 10.6. The van der Waals surface area contributed by atoms with Crippen molar-refractivity contribution >= 4 is 23.5 Å². The second-order valence-corrected chi connectivity index (χ2v) is 8.12. The maximum Gasteiger partial charge on any atom is 0.264 e. The Kier molecular flexibility index (Phi) is 4.79. The number of amides is 1. The van der Waals surface area contributed by atoms with Crippen molar-refractivity contribution in [2.45, 2.75) is 18.4 Å². The van der Waals surface area contributed by atoms with Gasteiger partial charge in [-0.3, -0.25) is 9.59 Å². The molecule has 0 bridgehead atoms. The molecule has 0 saturated carbocycles. The molecule has 4 nitrogen and oxygen atoms in total. The minimum atomic E-state index is -1.85. The first kappa shape index (κ1) is 19.5. The van der Waals surface area contributed by atoms with Gasteiger partial charge >= 0.3 is 0 Å². The summed E-state index contributed by atoms with van der Waals surface area (Å²) in [4.78, 5) is 28.5. The minimum absolute atomic E-state index is 0.158. The topological polar surface area (TPSA) is 57.6 Å². The summed E-state index contributed by atoms with van der Waals surface area (Å²) in [6.07, 6.45) is 4.97. The van der Waals surface area contributed by atoms with Crippen molar-refractivity contribution in [3.63, 3.8) is 0 Å². The number of rotatable bonds is 4. The van der Waals surface area contributed by atoms with Crippen molar-refractivity contribution in [2.75, 3.05) is 11.4 Å². The van der Waals surface area contributed by atoms with E-state index < -0.39 is 17.4 Å². The molecule has 1 aliphatic heterocycles. The van der Waals surface area contributed by atoms with E-state index in [0.29, 0.717) is 36.2 Å². The standard InChI is InChI=1S/C27H23NO3/c29-25-21-13-5-4-12-20(21)16-17-23(25)27(31)22-14-6-7-15-24(22)28(26(27)30)18-8-11-19-9-2-1-3-10-19/h1-15,23,31H,16-18H2/b11-8+/t23-,27+/m0/s1. The zero-order chi connectivity index (χ0) is 21.4.